The molecular formula is C21H21FN4O. The highest BCUT2D eigenvalue weighted by atomic mass is 19.1. The summed E-state index contributed by atoms with van der Waals surface area (Å²) in [5, 5.41) is 5.92. The van der Waals surface area contributed by atoms with E-state index in [1.54, 1.807) is 12.1 Å². The third kappa shape index (κ3) is 5.88. The zero-order chi connectivity index (χ0) is 18.9. The van der Waals surface area contributed by atoms with Crippen LogP contribution in [0, 0.1) is 5.82 Å². The van der Waals surface area contributed by atoms with Gasteiger partial charge >= 0.3 is 0 Å². The number of halogens is 1. The van der Waals surface area contributed by atoms with Gasteiger partial charge in [0.2, 0.25) is 5.95 Å². The number of nitrogens with one attached hydrogen (secondary N) is 2. The zero-order valence-corrected chi connectivity index (χ0v) is 14.9. The first-order valence-corrected chi connectivity index (χ1v) is 8.83. The molecule has 6 heteroatoms. The molecule has 2 aromatic carbocycles. The Morgan fingerprint density at radius 1 is 0.926 bits per heavy atom. The minimum atomic E-state index is -0.301. The molecule has 0 aliphatic heterocycles. The number of hydrogen-bond acceptors (Lipinski definition) is 4. The predicted octanol–water partition coefficient (Wildman–Crippen LogP) is 3.59. The lowest BCUT2D eigenvalue weighted by Crippen LogP contribution is -2.23. The van der Waals surface area contributed by atoms with Crippen molar-refractivity contribution in [2.75, 3.05) is 11.9 Å². The van der Waals surface area contributed by atoms with Crippen molar-refractivity contribution >= 4 is 11.9 Å². The molecule has 0 saturated heterocycles. The van der Waals surface area contributed by atoms with Gasteiger partial charge in [-0.05, 0) is 36.1 Å². The van der Waals surface area contributed by atoms with Crippen LogP contribution >= 0.6 is 0 Å². The number of nitrogens with zero attached hydrogens (tertiary/aromatic N) is 2. The van der Waals surface area contributed by atoms with Crippen molar-refractivity contribution in [3.05, 3.63) is 89.5 Å². The standard InChI is InChI=1S/C21H21FN4O/c22-19-10-8-17(9-11-19)13-24-20(27)18-14-25-21(26-15-18)23-12-4-7-16-5-2-1-3-6-16/h1-3,5-6,8-11,14-15H,4,7,12-13H2,(H,24,27)(H,23,25,26). The van der Waals surface area contributed by atoms with E-state index in [1.807, 2.05) is 18.2 Å². The van der Waals surface area contributed by atoms with Gasteiger partial charge in [-0.3, -0.25) is 4.79 Å². The number of hydrogen-bond donors (Lipinski definition) is 2. The van der Waals surface area contributed by atoms with Gasteiger partial charge in [-0.2, -0.15) is 0 Å². The molecule has 0 atom stereocenters. The Balaban J connectivity index is 1.42. The quantitative estimate of drug-likeness (QED) is 0.600. The Bertz CT molecular complexity index is 852. The Hall–Kier alpha value is -3.28. The van der Waals surface area contributed by atoms with Crippen molar-refractivity contribution in [2.45, 2.75) is 19.4 Å². The molecule has 0 fully saturated rings. The van der Waals surface area contributed by atoms with Crippen LogP contribution in [0.15, 0.2) is 67.0 Å². The number of aromatic nitrogens is 2. The summed E-state index contributed by atoms with van der Waals surface area (Å²) in [5.74, 6) is -0.0709. The van der Waals surface area contributed by atoms with Crippen LogP contribution in [0.3, 0.4) is 0 Å². The van der Waals surface area contributed by atoms with E-state index in [0.29, 0.717) is 18.1 Å². The monoisotopic (exact) mass is 364 g/mol. The van der Waals surface area contributed by atoms with Crippen molar-refractivity contribution < 1.29 is 9.18 Å². The molecule has 1 amide bonds. The maximum Gasteiger partial charge on any atom is 0.254 e. The first-order valence-electron chi connectivity index (χ1n) is 8.83. The third-order valence-electron chi connectivity index (χ3n) is 4.05. The van der Waals surface area contributed by atoms with E-state index in [0.717, 1.165) is 24.9 Å². The number of carbonyl (C=O) groups excluding carboxylic acids is 1. The second kappa shape index (κ2) is 9.43. The molecule has 3 aromatic rings. The van der Waals surface area contributed by atoms with Crippen molar-refractivity contribution in [1.82, 2.24) is 15.3 Å². The van der Waals surface area contributed by atoms with E-state index in [9.17, 15) is 9.18 Å². The van der Waals surface area contributed by atoms with Crippen molar-refractivity contribution in [3.63, 3.8) is 0 Å². The zero-order valence-electron chi connectivity index (χ0n) is 14.9. The van der Waals surface area contributed by atoms with Crippen LogP contribution in [0.5, 0.6) is 0 Å². The van der Waals surface area contributed by atoms with Gasteiger partial charge in [-0.15, -0.1) is 0 Å². The second-order valence-corrected chi connectivity index (χ2v) is 6.12. The Kier molecular flexibility index (Phi) is 6.46. The molecule has 138 valence electrons. The summed E-state index contributed by atoms with van der Waals surface area (Å²) in [7, 11) is 0. The van der Waals surface area contributed by atoms with Crippen LogP contribution in [-0.4, -0.2) is 22.4 Å². The van der Waals surface area contributed by atoms with E-state index in [-0.39, 0.29) is 11.7 Å². The van der Waals surface area contributed by atoms with Crippen molar-refractivity contribution in [1.29, 1.82) is 0 Å². The average molecular weight is 364 g/mol. The van der Waals surface area contributed by atoms with E-state index in [1.165, 1.54) is 30.1 Å². The van der Waals surface area contributed by atoms with Crippen LogP contribution in [0.2, 0.25) is 0 Å². The van der Waals surface area contributed by atoms with Crippen LogP contribution in [0.1, 0.15) is 27.9 Å². The van der Waals surface area contributed by atoms with E-state index < -0.39 is 0 Å². The molecule has 1 aromatic heterocycles. The molecule has 1 heterocycles. The highest BCUT2D eigenvalue weighted by Crippen LogP contribution is 2.05. The van der Waals surface area contributed by atoms with Gasteiger partial charge < -0.3 is 10.6 Å². The first-order chi connectivity index (χ1) is 13.2. The number of amides is 1. The van der Waals surface area contributed by atoms with E-state index in [2.05, 4.69) is 32.7 Å². The third-order valence-corrected chi connectivity index (χ3v) is 4.05. The fourth-order valence-electron chi connectivity index (χ4n) is 2.56. The van der Waals surface area contributed by atoms with E-state index in [4.69, 9.17) is 0 Å². The maximum absolute atomic E-state index is 12.9. The molecule has 3 rings (SSSR count). The summed E-state index contributed by atoms with van der Waals surface area (Å²) in [5.41, 5.74) is 2.50. The van der Waals surface area contributed by atoms with Crippen molar-refractivity contribution in [3.8, 4) is 0 Å². The minimum Gasteiger partial charge on any atom is -0.354 e. The SMILES string of the molecule is O=C(NCc1ccc(F)cc1)c1cnc(NCCCc2ccccc2)nc1. The summed E-state index contributed by atoms with van der Waals surface area (Å²) in [6, 6.07) is 16.3. The molecule has 0 aliphatic carbocycles. The summed E-state index contributed by atoms with van der Waals surface area (Å²) in [6.45, 7) is 1.07. The fourth-order valence-corrected chi connectivity index (χ4v) is 2.56. The smallest absolute Gasteiger partial charge is 0.254 e. The Morgan fingerprint density at radius 2 is 1.63 bits per heavy atom. The van der Waals surface area contributed by atoms with Crippen LogP contribution < -0.4 is 10.6 Å². The van der Waals surface area contributed by atoms with Crippen LogP contribution in [0.4, 0.5) is 10.3 Å². The Labute approximate surface area is 157 Å². The fraction of sp³-hybridized carbons (Fsp3) is 0.190. The summed E-state index contributed by atoms with van der Waals surface area (Å²) >= 11 is 0. The normalized spacial score (nSPS) is 10.4. The van der Waals surface area contributed by atoms with Gasteiger partial charge in [0, 0.05) is 25.5 Å². The van der Waals surface area contributed by atoms with Gasteiger partial charge in [0.25, 0.3) is 5.91 Å². The van der Waals surface area contributed by atoms with Gasteiger partial charge in [0.05, 0.1) is 5.56 Å². The molecule has 2 N–H and O–H groups in total. The molecule has 0 radical (unpaired) electrons. The number of aryl methyl sites for hydroxylation is 1. The van der Waals surface area contributed by atoms with Crippen LogP contribution in [-0.2, 0) is 13.0 Å². The van der Waals surface area contributed by atoms with Gasteiger partial charge in [0.1, 0.15) is 5.82 Å². The highest BCUT2D eigenvalue weighted by Gasteiger charge is 2.07. The van der Waals surface area contributed by atoms with Gasteiger partial charge in [-0.25, -0.2) is 14.4 Å². The second-order valence-electron chi connectivity index (χ2n) is 6.12. The predicted molar refractivity (Wildman–Crippen MR) is 103 cm³/mol. The molecule has 0 spiro atoms. The largest absolute Gasteiger partial charge is 0.354 e. The molecule has 0 bridgehead atoms. The molecule has 0 aliphatic rings. The highest BCUT2D eigenvalue weighted by molar-refractivity contribution is 5.93. The lowest BCUT2D eigenvalue weighted by atomic mass is 10.1. The summed E-state index contributed by atoms with van der Waals surface area (Å²) in [4.78, 5) is 20.5. The molecule has 27 heavy (non-hydrogen) atoms. The van der Waals surface area contributed by atoms with Crippen LogP contribution in [0.25, 0.3) is 0 Å². The minimum absolute atomic E-state index is 0.269. The first kappa shape index (κ1) is 18.5. The number of rotatable bonds is 8. The maximum atomic E-state index is 12.9. The number of anilines is 1. The van der Waals surface area contributed by atoms with Gasteiger partial charge in [-0.1, -0.05) is 42.5 Å². The van der Waals surface area contributed by atoms with Crippen molar-refractivity contribution in [2.24, 2.45) is 0 Å². The molecule has 0 saturated carbocycles. The molecular weight excluding hydrogens is 343 g/mol. The van der Waals surface area contributed by atoms with Gasteiger partial charge in [0.15, 0.2) is 0 Å². The van der Waals surface area contributed by atoms with E-state index >= 15 is 0 Å². The molecule has 5 nitrogen and oxygen atoms in total. The topological polar surface area (TPSA) is 66.9 Å². The molecule has 0 unspecified atom stereocenters. The summed E-state index contributed by atoms with van der Waals surface area (Å²) in [6.07, 6.45) is 4.93. The number of carbonyl (C=O) groups is 1. The lowest BCUT2D eigenvalue weighted by molar-refractivity contribution is 0.0950. The number of benzene rings is 2. The lowest BCUT2D eigenvalue weighted by Gasteiger charge is -2.07. The Morgan fingerprint density at radius 3 is 2.33 bits per heavy atom. The summed E-state index contributed by atoms with van der Waals surface area (Å²) < 4.78 is 12.9. The average Bonchev–Trinajstić information content (AvgIpc) is 2.72.